The largest absolute Gasteiger partial charge is 0.463 e. The lowest BCUT2D eigenvalue weighted by Gasteiger charge is -2.23. The monoisotopic (exact) mass is 355 g/mol. The van der Waals surface area contributed by atoms with E-state index < -0.39 is 0 Å². The Balaban J connectivity index is 1.44. The number of aromatic nitrogens is 2. The summed E-state index contributed by atoms with van der Waals surface area (Å²) in [7, 11) is 0. The summed E-state index contributed by atoms with van der Waals surface area (Å²) >= 11 is 1.84. The highest BCUT2D eigenvalue weighted by Gasteiger charge is 2.30. The second-order valence-electron chi connectivity index (χ2n) is 7.07. The number of nitrogens with one attached hydrogen (secondary N) is 2. The van der Waals surface area contributed by atoms with E-state index in [1.54, 1.807) is 17.5 Å². The molecular weight excluding hydrogens is 332 g/mol. The van der Waals surface area contributed by atoms with Crippen LogP contribution in [0.1, 0.15) is 41.5 Å². The molecule has 3 aromatic heterocycles. The number of aryl methyl sites for hydroxylation is 2. The van der Waals surface area contributed by atoms with Gasteiger partial charge in [0, 0.05) is 17.7 Å². The summed E-state index contributed by atoms with van der Waals surface area (Å²) in [6.07, 6.45) is 9.72. The highest BCUT2D eigenvalue weighted by molar-refractivity contribution is 7.19. The zero-order valence-corrected chi connectivity index (χ0v) is 15.1. The minimum Gasteiger partial charge on any atom is -0.463 e. The van der Waals surface area contributed by atoms with E-state index in [4.69, 9.17) is 4.42 Å². The Labute approximate surface area is 151 Å². The number of rotatable bonds is 5. The predicted octanol–water partition coefficient (Wildman–Crippen LogP) is 2.60. The van der Waals surface area contributed by atoms with E-state index in [-0.39, 0.29) is 0 Å². The van der Waals surface area contributed by atoms with Gasteiger partial charge in [-0.1, -0.05) is 0 Å². The molecule has 0 bridgehead atoms. The number of fused-ring (bicyclic) bond motifs is 3. The summed E-state index contributed by atoms with van der Waals surface area (Å²) < 4.78 is 5.75. The van der Waals surface area contributed by atoms with Crippen LogP contribution in [0, 0.1) is 0 Å². The summed E-state index contributed by atoms with van der Waals surface area (Å²) in [6.45, 7) is 3.29. The Hall–Kier alpha value is -1.92. The van der Waals surface area contributed by atoms with Crippen molar-refractivity contribution in [1.29, 1.82) is 0 Å². The molecule has 1 fully saturated rings. The van der Waals surface area contributed by atoms with Gasteiger partial charge in [-0.05, 0) is 37.0 Å². The van der Waals surface area contributed by atoms with Gasteiger partial charge in [-0.25, -0.2) is 9.97 Å². The summed E-state index contributed by atoms with van der Waals surface area (Å²) in [5.41, 5.74) is 1.48. The molecule has 4 heterocycles. The van der Waals surface area contributed by atoms with E-state index in [0.717, 1.165) is 29.4 Å². The molecule has 2 aliphatic rings. The number of quaternary nitrogens is 1. The molecule has 6 heteroatoms. The molecule has 130 valence electrons. The second kappa shape index (κ2) is 6.42. The first-order valence-electron chi connectivity index (χ1n) is 9.27. The maximum atomic E-state index is 5.75. The molecule has 3 aromatic rings. The van der Waals surface area contributed by atoms with Crippen LogP contribution in [0.5, 0.6) is 0 Å². The normalized spacial score (nSPS) is 18.7. The van der Waals surface area contributed by atoms with Crippen LogP contribution in [-0.4, -0.2) is 29.6 Å². The van der Waals surface area contributed by atoms with Crippen LogP contribution in [-0.2, 0) is 12.8 Å². The Morgan fingerprint density at radius 3 is 2.96 bits per heavy atom. The molecule has 0 unspecified atom stereocenters. The van der Waals surface area contributed by atoms with E-state index in [1.165, 1.54) is 54.6 Å². The minimum absolute atomic E-state index is 0.342. The van der Waals surface area contributed by atoms with Crippen molar-refractivity contribution in [3.8, 4) is 0 Å². The van der Waals surface area contributed by atoms with Gasteiger partial charge in [-0.15, -0.1) is 11.3 Å². The number of nitrogens with zero attached hydrogens (tertiary/aromatic N) is 2. The van der Waals surface area contributed by atoms with Crippen molar-refractivity contribution in [3.05, 3.63) is 40.9 Å². The van der Waals surface area contributed by atoms with Crippen molar-refractivity contribution in [2.24, 2.45) is 0 Å². The summed E-state index contributed by atoms with van der Waals surface area (Å²) in [4.78, 5) is 13.3. The van der Waals surface area contributed by atoms with Crippen molar-refractivity contribution in [3.63, 3.8) is 0 Å². The predicted molar refractivity (Wildman–Crippen MR) is 99.3 cm³/mol. The standard InChI is InChI=1S/C19H22N4OS/c1-2-9-23(8-1)14(15-6-4-10-24-15)11-20-18-17-13-5-3-7-16(13)25-19(17)22-12-21-18/h4,6,10,12,14H,1-3,5,7-9,11H2,(H,20,21,22)/p+1/t14-/m1/s1. The topological polar surface area (TPSA) is 55.4 Å². The molecule has 5 rings (SSSR count). The maximum Gasteiger partial charge on any atom is 0.163 e. The van der Waals surface area contributed by atoms with Crippen LogP contribution in [0.2, 0.25) is 0 Å². The lowest BCUT2D eigenvalue weighted by molar-refractivity contribution is -0.919. The van der Waals surface area contributed by atoms with Gasteiger partial charge in [0.25, 0.3) is 0 Å². The molecule has 1 aliphatic heterocycles. The molecule has 0 radical (unpaired) electrons. The van der Waals surface area contributed by atoms with E-state index >= 15 is 0 Å². The maximum absolute atomic E-state index is 5.75. The average Bonchev–Trinajstić information content (AvgIpc) is 3.39. The molecule has 5 nitrogen and oxygen atoms in total. The lowest BCUT2D eigenvalue weighted by atomic mass is 10.1. The minimum atomic E-state index is 0.342. The second-order valence-corrected chi connectivity index (χ2v) is 8.16. The van der Waals surface area contributed by atoms with Crippen molar-refractivity contribution in [2.75, 3.05) is 25.0 Å². The number of thiophene rings is 1. The number of hydrogen-bond acceptors (Lipinski definition) is 5. The fourth-order valence-electron chi connectivity index (χ4n) is 4.37. The smallest absolute Gasteiger partial charge is 0.163 e. The number of furan rings is 1. The summed E-state index contributed by atoms with van der Waals surface area (Å²) in [5, 5.41) is 4.90. The van der Waals surface area contributed by atoms with Crippen LogP contribution in [0.4, 0.5) is 5.82 Å². The SMILES string of the molecule is c1coc([C@@H](CNc2ncnc3sc4c(c23)CCC4)[NH+]2CCCC2)c1. The first kappa shape index (κ1) is 15.3. The molecule has 1 aliphatic carbocycles. The first-order chi connectivity index (χ1) is 12.4. The Bertz CT molecular complexity index is 867. The van der Waals surface area contributed by atoms with Gasteiger partial charge in [-0.3, -0.25) is 0 Å². The third-order valence-corrected chi connectivity index (χ3v) is 6.80. The average molecular weight is 355 g/mol. The fourth-order valence-corrected chi connectivity index (χ4v) is 5.60. The van der Waals surface area contributed by atoms with Gasteiger partial charge >= 0.3 is 0 Å². The van der Waals surface area contributed by atoms with Crippen LogP contribution in [0.15, 0.2) is 29.1 Å². The quantitative estimate of drug-likeness (QED) is 0.739. The van der Waals surface area contributed by atoms with Gasteiger partial charge in [0.15, 0.2) is 11.8 Å². The zero-order valence-electron chi connectivity index (χ0n) is 14.3. The Morgan fingerprint density at radius 1 is 1.20 bits per heavy atom. The van der Waals surface area contributed by atoms with Crippen LogP contribution < -0.4 is 10.2 Å². The van der Waals surface area contributed by atoms with Gasteiger partial charge in [0.1, 0.15) is 17.0 Å². The zero-order chi connectivity index (χ0) is 16.6. The molecule has 0 saturated carbocycles. The molecule has 1 atom stereocenters. The highest BCUT2D eigenvalue weighted by Crippen LogP contribution is 2.39. The fraction of sp³-hybridized carbons (Fsp3) is 0.474. The number of anilines is 1. The first-order valence-corrected chi connectivity index (χ1v) is 10.1. The third-order valence-electron chi connectivity index (χ3n) is 5.60. The molecule has 0 amide bonds. The van der Waals surface area contributed by atoms with Crippen LogP contribution in [0.25, 0.3) is 10.2 Å². The highest BCUT2D eigenvalue weighted by atomic mass is 32.1. The van der Waals surface area contributed by atoms with Crippen LogP contribution >= 0.6 is 11.3 Å². The van der Waals surface area contributed by atoms with E-state index in [1.807, 2.05) is 17.4 Å². The Morgan fingerprint density at radius 2 is 2.12 bits per heavy atom. The van der Waals surface area contributed by atoms with Gasteiger partial charge in [0.05, 0.1) is 31.3 Å². The van der Waals surface area contributed by atoms with Crippen molar-refractivity contribution in [1.82, 2.24) is 9.97 Å². The molecule has 25 heavy (non-hydrogen) atoms. The third kappa shape index (κ3) is 2.73. The summed E-state index contributed by atoms with van der Waals surface area (Å²) in [5.74, 6) is 2.07. The van der Waals surface area contributed by atoms with Gasteiger partial charge < -0.3 is 14.6 Å². The van der Waals surface area contributed by atoms with Crippen molar-refractivity contribution >= 4 is 27.4 Å². The molecular formula is C19H23N4OS+. The van der Waals surface area contributed by atoms with Crippen molar-refractivity contribution in [2.45, 2.75) is 38.1 Å². The van der Waals surface area contributed by atoms with E-state index in [9.17, 15) is 0 Å². The number of hydrogen-bond donors (Lipinski definition) is 2. The van der Waals surface area contributed by atoms with Gasteiger partial charge in [0.2, 0.25) is 0 Å². The molecule has 2 N–H and O–H groups in total. The molecule has 1 saturated heterocycles. The summed E-state index contributed by atoms with van der Waals surface area (Å²) in [6, 6.07) is 4.44. The van der Waals surface area contributed by atoms with E-state index in [2.05, 4.69) is 21.4 Å². The Kier molecular flexibility index (Phi) is 3.94. The van der Waals surface area contributed by atoms with Crippen LogP contribution in [0.3, 0.4) is 0 Å². The van der Waals surface area contributed by atoms with E-state index in [0.29, 0.717) is 6.04 Å². The van der Waals surface area contributed by atoms with Crippen molar-refractivity contribution < 1.29 is 9.32 Å². The molecule has 0 aromatic carbocycles. The number of likely N-dealkylation sites (tertiary alicyclic amines) is 1. The van der Waals surface area contributed by atoms with Gasteiger partial charge in [-0.2, -0.15) is 0 Å². The lowest BCUT2D eigenvalue weighted by Crippen LogP contribution is -3.11. The molecule has 0 spiro atoms.